The summed E-state index contributed by atoms with van der Waals surface area (Å²) in [6.45, 7) is 1.89. The summed E-state index contributed by atoms with van der Waals surface area (Å²) in [6, 6.07) is 6.26. The molecule has 1 aliphatic carbocycles. The maximum Gasteiger partial charge on any atom is 0.335 e. The number of piperazine rings is 1. The van der Waals surface area contributed by atoms with Crippen LogP contribution in [0.5, 0.6) is 0 Å². The van der Waals surface area contributed by atoms with E-state index < -0.39 is 0 Å². The minimum Gasteiger partial charge on any atom is -0.351 e. The molecule has 0 unspecified atom stereocenters. The average Bonchev–Trinajstić information content (AvgIpc) is 3.24. The highest BCUT2D eigenvalue weighted by Crippen LogP contribution is 2.26. The Morgan fingerprint density at radius 3 is 2.84 bits per heavy atom. The van der Waals surface area contributed by atoms with Gasteiger partial charge in [-0.25, -0.2) is 14.6 Å². The maximum atomic E-state index is 13.2. The van der Waals surface area contributed by atoms with Crippen LogP contribution >= 0.6 is 11.9 Å². The van der Waals surface area contributed by atoms with Crippen LogP contribution in [0.3, 0.4) is 0 Å². The van der Waals surface area contributed by atoms with Crippen molar-refractivity contribution in [3.05, 3.63) is 35.6 Å². The Labute approximate surface area is 186 Å². The summed E-state index contributed by atoms with van der Waals surface area (Å²) in [5.41, 5.74) is 3.74. The molecule has 3 amide bonds. The number of hydrazine groups is 1. The molecule has 3 N–H and O–H groups in total. The van der Waals surface area contributed by atoms with Crippen LogP contribution < -0.4 is 16.1 Å². The average molecular weight is 449 g/mol. The van der Waals surface area contributed by atoms with E-state index in [0.717, 1.165) is 50.1 Å². The van der Waals surface area contributed by atoms with Crippen LogP contribution in [0.2, 0.25) is 0 Å². The Balaban J connectivity index is 1.31. The first-order chi connectivity index (χ1) is 15.0. The van der Waals surface area contributed by atoms with Gasteiger partial charge in [0.05, 0.1) is 12.3 Å². The van der Waals surface area contributed by atoms with Gasteiger partial charge in [0.25, 0.3) is 0 Å². The van der Waals surface area contributed by atoms with E-state index in [0.29, 0.717) is 18.9 Å². The van der Waals surface area contributed by atoms with Crippen molar-refractivity contribution >= 4 is 30.1 Å². The van der Waals surface area contributed by atoms with E-state index >= 15 is 0 Å². The SMILES string of the molecule is O=C1CN(C[C@@H]2CCCC[C@H]2NC(=O)NN2N=CCS2)C[C@H](Cc2ccc(F)cc2)N1. The highest BCUT2D eigenvalue weighted by molar-refractivity contribution is 7.97. The molecule has 3 atom stereocenters. The van der Waals surface area contributed by atoms with Gasteiger partial charge in [0.2, 0.25) is 5.91 Å². The van der Waals surface area contributed by atoms with Gasteiger partial charge in [-0.05, 0) is 42.9 Å². The molecule has 0 radical (unpaired) electrons. The molecule has 1 aromatic rings. The van der Waals surface area contributed by atoms with Gasteiger partial charge in [-0.3, -0.25) is 9.69 Å². The molecule has 168 valence electrons. The van der Waals surface area contributed by atoms with Crippen LogP contribution in [0.1, 0.15) is 31.2 Å². The molecular weight excluding hydrogens is 419 g/mol. The summed E-state index contributed by atoms with van der Waals surface area (Å²) in [6.07, 6.45) is 6.61. The van der Waals surface area contributed by atoms with Crippen molar-refractivity contribution in [3.8, 4) is 0 Å². The molecule has 2 heterocycles. The lowest BCUT2D eigenvalue weighted by atomic mass is 9.84. The van der Waals surface area contributed by atoms with E-state index in [2.05, 4.69) is 26.1 Å². The molecule has 0 aromatic heterocycles. The predicted molar refractivity (Wildman–Crippen MR) is 119 cm³/mol. The van der Waals surface area contributed by atoms with Gasteiger partial charge in [-0.1, -0.05) is 25.0 Å². The lowest BCUT2D eigenvalue weighted by molar-refractivity contribution is -0.125. The molecule has 2 fully saturated rings. The highest BCUT2D eigenvalue weighted by atomic mass is 32.2. The molecule has 3 aliphatic rings. The van der Waals surface area contributed by atoms with E-state index in [4.69, 9.17) is 0 Å². The fraction of sp³-hybridized carbons (Fsp3) is 0.571. The Hall–Kier alpha value is -2.33. The van der Waals surface area contributed by atoms with Crippen molar-refractivity contribution in [2.24, 2.45) is 11.0 Å². The minimum atomic E-state index is -0.256. The van der Waals surface area contributed by atoms with Gasteiger partial charge >= 0.3 is 6.03 Å². The fourth-order valence-corrected chi connectivity index (χ4v) is 5.15. The number of rotatable bonds is 6. The second kappa shape index (κ2) is 10.3. The van der Waals surface area contributed by atoms with Crippen LogP contribution in [0.15, 0.2) is 29.4 Å². The number of hydrogen-bond donors (Lipinski definition) is 3. The van der Waals surface area contributed by atoms with Crippen molar-refractivity contribution in [3.63, 3.8) is 0 Å². The molecule has 31 heavy (non-hydrogen) atoms. The molecule has 4 rings (SSSR count). The number of carbonyl (C=O) groups is 2. The van der Waals surface area contributed by atoms with Gasteiger partial charge in [-0.2, -0.15) is 5.10 Å². The van der Waals surface area contributed by atoms with Crippen molar-refractivity contribution < 1.29 is 14.0 Å². The van der Waals surface area contributed by atoms with E-state index in [9.17, 15) is 14.0 Å². The Bertz CT molecular complexity index is 808. The fourth-order valence-electron chi connectivity index (χ4n) is 4.60. The van der Waals surface area contributed by atoms with Crippen molar-refractivity contribution in [1.29, 1.82) is 0 Å². The summed E-state index contributed by atoms with van der Waals surface area (Å²) >= 11 is 1.43. The molecule has 1 saturated carbocycles. The minimum absolute atomic E-state index is 0.00457. The summed E-state index contributed by atoms with van der Waals surface area (Å²) in [4.78, 5) is 26.9. The number of nitrogens with zero attached hydrogens (tertiary/aromatic N) is 3. The second-order valence-electron chi connectivity index (χ2n) is 8.39. The third-order valence-corrected chi connectivity index (χ3v) is 6.71. The zero-order valence-corrected chi connectivity index (χ0v) is 18.2. The van der Waals surface area contributed by atoms with E-state index in [1.54, 1.807) is 18.3 Å². The zero-order valence-electron chi connectivity index (χ0n) is 17.4. The van der Waals surface area contributed by atoms with Crippen molar-refractivity contribution in [2.75, 3.05) is 25.4 Å². The maximum absolute atomic E-state index is 13.2. The summed E-state index contributed by atoms with van der Waals surface area (Å²) in [5, 5.41) is 10.2. The van der Waals surface area contributed by atoms with Crippen molar-refractivity contribution in [2.45, 2.75) is 44.2 Å². The first kappa shape index (κ1) is 21.9. The zero-order chi connectivity index (χ0) is 21.6. The van der Waals surface area contributed by atoms with Crippen LogP contribution in [-0.4, -0.2) is 65.0 Å². The molecule has 0 spiro atoms. The molecule has 2 aliphatic heterocycles. The van der Waals surface area contributed by atoms with Crippen LogP contribution in [0.25, 0.3) is 0 Å². The number of hydrazone groups is 1. The summed E-state index contributed by atoms with van der Waals surface area (Å²) in [5.74, 6) is 0.808. The smallest absolute Gasteiger partial charge is 0.335 e. The lowest BCUT2D eigenvalue weighted by Crippen LogP contribution is -2.57. The largest absolute Gasteiger partial charge is 0.351 e. The summed E-state index contributed by atoms with van der Waals surface area (Å²) < 4.78 is 14.6. The number of hydrogen-bond acceptors (Lipinski definition) is 6. The monoisotopic (exact) mass is 448 g/mol. The standard InChI is InChI=1S/C21H29FN6O2S/c22-17-7-5-15(6-8-17)11-18-13-27(14-20(29)24-18)12-16-3-1-2-4-19(16)25-21(30)26-28-23-9-10-31-28/h5-9,16,18-19H,1-4,10-14H2,(H,24,29)(H2,25,26,30)/t16-,18-,19+/m0/s1. The lowest BCUT2D eigenvalue weighted by Gasteiger charge is -2.39. The first-order valence-electron chi connectivity index (χ1n) is 10.8. The number of halogens is 1. The third kappa shape index (κ3) is 6.33. The molecule has 1 saturated heterocycles. The van der Waals surface area contributed by atoms with Gasteiger partial charge in [0, 0.05) is 43.3 Å². The second-order valence-corrected chi connectivity index (χ2v) is 9.33. The van der Waals surface area contributed by atoms with Crippen LogP contribution in [0, 0.1) is 11.7 Å². The third-order valence-electron chi connectivity index (χ3n) is 5.98. The quantitative estimate of drug-likeness (QED) is 0.579. The van der Waals surface area contributed by atoms with E-state index in [1.807, 2.05) is 0 Å². The van der Waals surface area contributed by atoms with Crippen LogP contribution in [0.4, 0.5) is 9.18 Å². The number of amides is 3. The number of benzene rings is 1. The topological polar surface area (TPSA) is 89.1 Å². The van der Waals surface area contributed by atoms with Crippen molar-refractivity contribution in [1.82, 2.24) is 25.5 Å². The Morgan fingerprint density at radius 2 is 2.06 bits per heavy atom. The molecular formula is C21H29FN6O2S. The summed E-state index contributed by atoms with van der Waals surface area (Å²) in [7, 11) is 0. The van der Waals surface area contributed by atoms with Gasteiger partial charge in [0.15, 0.2) is 0 Å². The van der Waals surface area contributed by atoms with Gasteiger partial charge < -0.3 is 10.6 Å². The Kier molecular flexibility index (Phi) is 7.29. The first-order valence-corrected chi connectivity index (χ1v) is 11.8. The Morgan fingerprint density at radius 1 is 1.26 bits per heavy atom. The predicted octanol–water partition coefficient (Wildman–Crippen LogP) is 1.89. The molecule has 0 bridgehead atoms. The van der Waals surface area contributed by atoms with Gasteiger partial charge in [-0.15, -0.1) is 4.52 Å². The molecule has 1 aromatic carbocycles. The normalized spacial score (nSPS) is 26.5. The van der Waals surface area contributed by atoms with E-state index in [1.165, 1.54) is 28.6 Å². The number of carbonyl (C=O) groups excluding carboxylic acids is 2. The van der Waals surface area contributed by atoms with Gasteiger partial charge in [0.1, 0.15) is 5.82 Å². The number of nitrogens with one attached hydrogen (secondary N) is 3. The van der Waals surface area contributed by atoms with E-state index in [-0.39, 0.29) is 29.8 Å². The number of urea groups is 1. The molecule has 8 nitrogen and oxygen atoms in total. The highest BCUT2D eigenvalue weighted by Gasteiger charge is 2.32. The molecule has 10 heteroatoms. The van der Waals surface area contributed by atoms with Crippen LogP contribution in [-0.2, 0) is 11.2 Å².